The minimum atomic E-state index is 0. The Hall–Kier alpha value is -0.420. The lowest BCUT2D eigenvalue weighted by Gasteiger charge is -2.35. The van der Waals surface area contributed by atoms with Crippen LogP contribution >= 0.6 is 35.3 Å². The summed E-state index contributed by atoms with van der Waals surface area (Å²) in [5.74, 6) is 0.903. The Labute approximate surface area is 203 Å². The van der Waals surface area contributed by atoms with Crippen molar-refractivity contribution >= 4 is 41.3 Å². The average molecular weight is 551 g/mol. The second-order valence-electron chi connectivity index (χ2n) is 8.37. The van der Waals surface area contributed by atoms with Gasteiger partial charge in [0.2, 0.25) is 0 Å². The third-order valence-corrected chi connectivity index (χ3v) is 7.50. The van der Waals surface area contributed by atoms with Crippen LogP contribution in [0.4, 0.5) is 0 Å². The molecule has 1 atom stereocenters. The molecule has 0 bridgehead atoms. The Bertz CT molecular complexity index is 643. The molecule has 0 amide bonds. The largest absolute Gasteiger partial charge is 0.385 e. The van der Waals surface area contributed by atoms with Crippen molar-refractivity contribution in [3.63, 3.8) is 0 Å². The quantitative estimate of drug-likeness (QED) is 0.278. The smallest absolute Gasteiger partial charge is 0.191 e. The highest BCUT2D eigenvalue weighted by Crippen LogP contribution is 2.40. The number of aryl methyl sites for hydroxylation is 1. The molecule has 1 aliphatic carbocycles. The van der Waals surface area contributed by atoms with Gasteiger partial charge in [-0.3, -0.25) is 9.89 Å². The van der Waals surface area contributed by atoms with Gasteiger partial charge in [0.15, 0.2) is 5.96 Å². The number of halogens is 1. The molecule has 8 heteroatoms. The fraction of sp³-hybridized carbons (Fsp3) is 0.773. The molecule has 1 saturated heterocycles. The van der Waals surface area contributed by atoms with Gasteiger partial charge in [0.25, 0.3) is 0 Å². The molecule has 1 unspecified atom stereocenters. The molecule has 1 aliphatic heterocycles. The number of hydrogen-bond acceptors (Lipinski definition) is 5. The lowest BCUT2D eigenvalue weighted by Crippen LogP contribution is -2.48. The fourth-order valence-electron chi connectivity index (χ4n) is 4.58. The van der Waals surface area contributed by atoms with Gasteiger partial charge in [-0.2, -0.15) is 0 Å². The molecule has 2 N–H and O–H groups in total. The maximum Gasteiger partial charge on any atom is 0.191 e. The number of ether oxygens (including phenoxy) is 2. The number of guanidine groups is 1. The zero-order chi connectivity index (χ0) is 20.5. The first-order valence-corrected chi connectivity index (χ1v) is 11.8. The third-order valence-electron chi connectivity index (χ3n) is 6.39. The molecule has 30 heavy (non-hydrogen) atoms. The van der Waals surface area contributed by atoms with Crippen molar-refractivity contribution in [1.29, 1.82) is 0 Å². The zero-order valence-corrected chi connectivity index (χ0v) is 21.9. The summed E-state index contributed by atoms with van der Waals surface area (Å²) in [6.45, 7) is 8.43. The van der Waals surface area contributed by atoms with Crippen LogP contribution in [-0.4, -0.2) is 71.0 Å². The standard InChI is InChI=1S/C22H38N4O2S.HI/c1-18-6-7-20(29-18)19(26-11-14-28-15-12-26)16-24-21(23-2)25-17-22(10-13-27-3)8-4-5-9-22;/h6-7,19H,4-5,8-17H2,1-3H3,(H2,23,24,25);1H. The lowest BCUT2D eigenvalue weighted by atomic mass is 9.83. The van der Waals surface area contributed by atoms with E-state index >= 15 is 0 Å². The topological polar surface area (TPSA) is 58.1 Å². The van der Waals surface area contributed by atoms with Gasteiger partial charge in [0.1, 0.15) is 0 Å². The van der Waals surface area contributed by atoms with Crippen molar-refractivity contribution in [2.45, 2.75) is 45.1 Å². The molecule has 3 rings (SSSR count). The molecular weight excluding hydrogens is 511 g/mol. The van der Waals surface area contributed by atoms with Crippen molar-refractivity contribution in [3.8, 4) is 0 Å². The van der Waals surface area contributed by atoms with Crippen LogP contribution in [0.25, 0.3) is 0 Å². The van der Waals surface area contributed by atoms with E-state index in [9.17, 15) is 0 Å². The molecule has 0 radical (unpaired) electrons. The molecule has 0 aromatic carbocycles. The molecule has 0 spiro atoms. The number of aliphatic imine (C=N–C) groups is 1. The van der Waals surface area contributed by atoms with Gasteiger partial charge in [0, 0.05) is 56.7 Å². The van der Waals surface area contributed by atoms with E-state index in [1.165, 1.54) is 35.4 Å². The maximum atomic E-state index is 5.57. The van der Waals surface area contributed by atoms with Crippen molar-refractivity contribution in [2.75, 3.05) is 60.2 Å². The van der Waals surface area contributed by atoms with Crippen LogP contribution in [0.2, 0.25) is 0 Å². The summed E-state index contributed by atoms with van der Waals surface area (Å²) in [6.07, 6.45) is 6.34. The third kappa shape index (κ3) is 7.32. The predicted octanol–water partition coefficient (Wildman–Crippen LogP) is 3.81. The van der Waals surface area contributed by atoms with Crippen LogP contribution in [0.5, 0.6) is 0 Å². The van der Waals surface area contributed by atoms with Crippen molar-refractivity contribution in [1.82, 2.24) is 15.5 Å². The fourth-order valence-corrected chi connectivity index (χ4v) is 5.59. The highest BCUT2D eigenvalue weighted by molar-refractivity contribution is 14.0. The minimum Gasteiger partial charge on any atom is -0.385 e. The lowest BCUT2D eigenvalue weighted by molar-refractivity contribution is 0.0177. The van der Waals surface area contributed by atoms with Gasteiger partial charge in [-0.15, -0.1) is 35.3 Å². The number of thiophene rings is 1. The van der Waals surface area contributed by atoms with E-state index in [2.05, 4.69) is 39.6 Å². The van der Waals surface area contributed by atoms with Crippen LogP contribution in [0.3, 0.4) is 0 Å². The molecule has 2 heterocycles. The Morgan fingerprint density at radius 3 is 2.60 bits per heavy atom. The predicted molar refractivity (Wildman–Crippen MR) is 136 cm³/mol. The number of nitrogens with zero attached hydrogens (tertiary/aromatic N) is 2. The van der Waals surface area contributed by atoms with Crippen molar-refractivity contribution in [3.05, 3.63) is 21.9 Å². The summed E-state index contributed by atoms with van der Waals surface area (Å²) >= 11 is 1.89. The summed E-state index contributed by atoms with van der Waals surface area (Å²) in [5.41, 5.74) is 0.349. The first kappa shape index (κ1) is 25.8. The Kier molecular flexibility index (Phi) is 11.4. The van der Waals surface area contributed by atoms with E-state index in [0.29, 0.717) is 11.5 Å². The molecule has 1 saturated carbocycles. The Balaban J connectivity index is 0.00000320. The van der Waals surface area contributed by atoms with E-state index in [1.54, 1.807) is 7.11 Å². The normalized spacial score (nSPS) is 20.6. The summed E-state index contributed by atoms with van der Waals surface area (Å²) in [7, 11) is 3.67. The summed E-state index contributed by atoms with van der Waals surface area (Å²) < 4.78 is 10.9. The van der Waals surface area contributed by atoms with Crippen LogP contribution < -0.4 is 10.6 Å². The van der Waals surface area contributed by atoms with E-state index in [-0.39, 0.29) is 24.0 Å². The SMILES string of the molecule is CN=C(NCC(c1ccc(C)s1)N1CCOCC1)NCC1(CCOC)CCCC1.I. The Morgan fingerprint density at radius 2 is 2.00 bits per heavy atom. The van der Waals surface area contributed by atoms with E-state index in [0.717, 1.165) is 58.4 Å². The number of rotatable bonds is 9. The van der Waals surface area contributed by atoms with Gasteiger partial charge < -0.3 is 20.1 Å². The van der Waals surface area contributed by atoms with Gasteiger partial charge in [-0.25, -0.2) is 0 Å². The summed E-state index contributed by atoms with van der Waals surface area (Å²) in [6, 6.07) is 4.85. The first-order valence-electron chi connectivity index (χ1n) is 11.0. The van der Waals surface area contributed by atoms with E-state index in [4.69, 9.17) is 9.47 Å². The van der Waals surface area contributed by atoms with E-state index in [1.807, 2.05) is 18.4 Å². The second kappa shape index (κ2) is 13.2. The zero-order valence-electron chi connectivity index (χ0n) is 18.7. The molecule has 172 valence electrons. The molecule has 1 aromatic heterocycles. The number of morpholine rings is 1. The average Bonchev–Trinajstić information content (AvgIpc) is 3.39. The highest BCUT2D eigenvalue weighted by atomic mass is 127. The first-order chi connectivity index (χ1) is 14.2. The second-order valence-corrected chi connectivity index (χ2v) is 9.69. The van der Waals surface area contributed by atoms with Crippen LogP contribution in [0.15, 0.2) is 17.1 Å². The van der Waals surface area contributed by atoms with Crippen LogP contribution in [-0.2, 0) is 9.47 Å². The number of nitrogens with one attached hydrogen (secondary N) is 2. The van der Waals surface area contributed by atoms with Crippen LogP contribution in [0.1, 0.15) is 47.9 Å². The van der Waals surface area contributed by atoms with Gasteiger partial charge in [0.05, 0.1) is 19.3 Å². The van der Waals surface area contributed by atoms with Gasteiger partial charge in [-0.1, -0.05) is 12.8 Å². The molecule has 2 fully saturated rings. The van der Waals surface area contributed by atoms with Crippen molar-refractivity contribution < 1.29 is 9.47 Å². The summed E-state index contributed by atoms with van der Waals surface area (Å²) in [4.78, 5) is 9.81. The van der Waals surface area contributed by atoms with Gasteiger partial charge >= 0.3 is 0 Å². The Morgan fingerprint density at radius 1 is 1.27 bits per heavy atom. The molecule has 6 nitrogen and oxygen atoms in total. The van der Waals surface area contributed by atoms with Crippen LogP contribution in [0, 0.1) is 12.3 Å². The summed E-state index contributed by atoms with van der Waals surface area (Å²) in [5, 5.41) is 7.22. The van der Waals surface area contributed by atoms with E-state index < -0.39 is 0 Å². The monoisotopic (exact) mass is 550 g/mol. The van der Waals surface area contributed by atoms with Gasteiger partial charge in [-0.05, 0) is 43.7 Å². The van der Waals surface area contributed by atoms with Crippen molar-refractivity contribution in [2.24, 2.45) is 10.4 Å². The molecular formula is C22H39IN4O2S. The number of hydrogen-bond donors (Lipinski definition) is 2. The minimum absolute atomic E-state index is 0. The molecule has 1 aromatic rings. The maximum absolute atomic E-state index is 5.57. The highest BCUT2D eigenvalue weighted by Gasteiger charge is 2.33. The number of methoxy groups -OCH3 is 1. The molecule has 2 aliphatic rings.